The van der Waals surface area contributed by atoms with Crippen molar-refractivity contribution in [2.75, 3.05) is 6.61 Å². The van der Waals surface area contributed by atoms with Gasteiger partial charge in [-0.05, 0) is 55.4 Å². The summed E-state index contributed by atoms with van der Waals surface area (Å²) in [6, 6.07) is 6.48. The van der Waals surface area contributed by atoms with Gasteiger partial charge in [0, 0.05) is 12.1 Å². The van der Waals surface area contributed by atoms with E-state index in [2.05, 4.69) is 11.4 Å². The van der Waals surface area contributed by atoms with Crippen LogP contribution in [0.4, 0.5) is 0 Å². The summed E-state index contributed by atoms with van der Waals surface area (Å²) < 4.78 is 5.54. The van der Waals surface area contributed by atoms with Gasteiger partial charge in [-0.15, -0.1) is 0 Å². The van der Waals surface area contributed by atoms with Gasteiger partial charge in [-0.2, -0.15) is 0 Å². The Morgan fingerprint density at radius 1 is 1.37 bits per heavy atom. The van der Waals surface area contributed by atoms with Crippen molar-refractivity contribution in [2.45, 2.75) is 44.2 Å². The van der Waals surface area contributed by atoms with Gasteiger partial charge >= 0.3 is 0 Å². The molecule has 0 saturated heterocycles. The summed E-state index contributed by atoms with van der Waals surface area (Å²) >= 11 is 0. The number of hydrogen-bond acceptors (Lipinski definition) is 3. The molecule has 0 radical (unpaired) electrons. The van der Waals surface area contributed by atoms with Gasteiger partial charge in [0.25, 0.3) is 5.91 Å². The standard InChI is InChI=1S/C15H20N2O2/c16-14-3-1-2-10-4-7-12(8-13(10)14)19-9-15(18)17-11-5-6-11/h4,7-8,11,14H,1-3,5-6,9,16H2,(H,17,18). The molecule has 1 aromatic carbocycles. The molecule has 3 N–H and O–H groups in total. The van der Waals surface area contributed by atoms with E-state index in [0.29, 0.717) is 6.04 Å². The minimum Gasteiger partial charge on any atom is -0.484 e. The summed E-state index contributed by atoms with van der Waals surface area (Å²) in [6.07, 6.45) is 5.46. The van der Waals surface area contributed by atoms with Gasteiger partial charge in [0.15, 0.2) is 6.61 Å². The summed E-state index contributed by atoms with van der Waals surface area (Å²) in [6.45, 7) is 0.0878. The number of carbonyl (C=O) groups is 1. The highest BCUT2D eigenvalue weighted by molar-refractivity contribution is 5.78. The fourth-order valence-corrected chi connectivity index (χ4v) is 2.55. The quantitative estimate of drug-likeness (QED) is 0.865. The molecule has 102 valence electrons. The Kier molecular flexibility index (Phi) is 3.42. The van der Waals surface area contributed by atoms with E-state index in [1.54, 1.807) is 0 Å². The van der Waals surface area contributed by atoms with Crippen molar-refractivity contribution in [1.29, 1.82) is 0 Å². The Labute approximate surface area is 113 Å². The lowest BCUT2D eigenvalue weighted by molar-refractivity contribution is -0.123. The topological polar surface area (TPSA) is 64.3 Å². The minimum absolute atomic E-state index is 0.0375. The van der Waals surface area contributed by atoms with Crippen LogP contribution < -0.4 is 15.8 Å². The van der Waals surface area contributed by atoms with Crippen LogP contribution in [0.5, 0.6) is 5.75 Å². The highest BCUT2D eigenvalue weighted by Gasteiger charge is 2.23. The Bertz CT molecular complexity index is 483. The lowest BCUT2D eigenvalue weighted by Gasteiger charge is -2.22. The largest absolute Gasteiger partial charge is 0.484 e. The zero-order valence-corrected chi connectivity index (χ0v) is 11.0. The van der Waals surface area contributed by atoms with Crippen LogP contribution in [0.1, 0.15) is 42.9 Å². The van der Waals surface area contributed by atoms with Crippen LogP contribution in [0.15, 0.2) is 18.2 Å². The van der Waals surface area contributed by atoms with E-state index in [9.17, 15) is 4.79 Å². The van der Waals surface area contributed by atoms with Gasteiger partial charge in [-0.3, -0.25) is 4.79 Å². The first kappa shape index (κ1) is 12.5. The summed E-state index contributed by atoms with van der Waals surface area (Å²) in [7, 11) is 0. The number of fused-ring (bicyclic) bond motifs is 1. The molecule has 0 spiro atoms. The Morgan fingerprint density at radius 2 is 2.21 bits per heavy atom. The van der Waals surface area contributed by atoms with Crippen LogP contribution in [-0.4, -0.2) is 18.6 Å². The van der Waals surface area contributed by atoms with Crippen LogP contribution in [0.3, 0.4) is 0 Å². The molecule has 0 aromatic heterocycles. The number of aryl methyl sites for hydroxylation is 1. The monoisotopic (exact) mass is 260 g/mol. The molecular formula is C15H20N2O2. The fourth-order valence-electron chi connectivity index (χ4n) is 2.55. The first-order chi connectivity index (χ1) is 9.22. The average molecular weight is 260 g/mol. The molecule has 3 rings (SSSR count). The van der Waals surface area contributed by atoms with Gasteiger partial charge in [0.2, 0.25) is 0 Å². The van der Waals surface area contributed by atoms with Crippen molar-refractivity contribution >= 4 is 5.91 Å². The Hall–Kier alpha value is -1.55. The smallest absolute Gasteiger partial charge is 0.258 e. The summed E-state index contributed by atoms with van der Waals surface area (Å²) in [5.41, 5.74) is 8.60. The van der Waals surface area contributed by atoms with E-state index in [-0.39, 0.29) is 18.6 Å². The van der Waals surface area contributed by atoms with Crippen molar-refractivity contribution in [3.63, 3.8) is 0 Å². The van der Waals surface area contributed by atoms with Gasteiger partial charge in [0.05, 0.1) is 0 Å². The van der Waals surface area contributed by atoms with Gasteiger partial charge < -0.3 is 15.8 Å². The van der Waals surface area contributed by atoms with E-state index in [1.165, 1.54) is 11.1 Å². The molecule has 0 heterocycles. The fraction of sp³-hybridized carbons (Fsp3) is 0.533. The lowest BCUT2D eigenvalue weighted by atomic mass is 9.88. The normalized spacial score (nSPS) is 21.6. The molecule has 1 aromatic rings. The molecule has 2 aliphatic carbocycles. The number of amides is 1. The lowest BCUT2D eigenvalue weighted by Crippen LogP contribution is -2.30. The summed E-state index contributed by atoms with van der Waals surface area (Å²) in [5.74, 6) is 0.701. The van der Waals surface area contributed by atoms with E-state index < -0.39 is 0 Å². The molecule has 1 fully saturated rings. The number of benzene rings is 1. The predicted molar refractivity (Wildman–Crippen MR) is 73.0 cm³/mol. The first-order valence-corrected chi connectivity index (χ1v) is 7.03. The van der Waals surface area contributed by atoms with E-state index in [4.69, 9.17) is 10.5 Å². The van der Waals surface area contributed by atoms with Gasteiger partial charge in [0.1, 0.15) is 5.75 Å². The van der Waals surface area contributed by atoms with Crippen LogP contribution >= 0.6 is 0 Å². The van der Waals surface area contributed by atoms with Crippen LogP contribution in [0, 0.1) is 0 Å². The van der Waals surface area contributed by atoms with Gasteiger partial charge in [-0.1, -0.05) is 6.07 Å². The zero-order chi connectivity index (χ0) is 13.2. The number of ether oxygens (including phenoxy) is 1. The maximum atomic E-state index is 11.6. The average Bonchev–Trinajstić information content (AvgIpc) is 3.21. The number of rotatable bonds is 4. The molecule has 4 heteroatoms. The molecular weight excluding hydrogens is 240 g/mol. The molecule has 2 aliphatic rings. The van der Waals surface area contributed by atoms with Crippen molar-refractivity contribution in [3.8, 4) is 5.75 Å². The molecule has 1 unspecified atom stereocenters. The van der Waals surface area contributed by atoms with Crippen molar-refractivity contribution < 1.29 is 9.53 Å². The maximum absolute atomic E-state index is 11.6. The zero-order valence-electron chi connectivity index (χ0n) is 11.0. The third-order valence-corrected chi connectivity index (χ3v) is 3.79. The third-order valence-electron chi connectivity index (χ3n) is 3.79. The highest BCUT2D eigenvalue weighted by atomic mass is 16.5. The molecule has 1 amide bonds. The van der Waals surface area contributed by atoms with E-state index in [0.717, 1.165) is 37.9 Å². The number of nitrogens with two attached hydrogens (primary N) is 1. The van der Waals surface area contributed by atoms with Crippen molar-refractivity contribution in [3.05, 3.63) is 29.3 Å². The van der Waals surface area contributed by atoms with E-state index >= 15 is 0 Å². The van der Waals surface area contributed by atoms with Gasteiger partial charge in [-0.25, -0.2) is 0 Å². The number of nitrogens with one attached hydrogen (secondary N) is 1. The molecule has 1 atom stereocenters. The molecule has 4 nitrogen and oxygen atoms in total. The summed E-state index contributed by atoms with van der Waals surface area (Å²) in [5, 5.41) is 2.91. The molecule has 1 saturated carbocycles. The first-order valence-electron chi connectivity index (χ1n) is 7.03. The second-order valence-electron chi connectivity index (χ2n) is 5.49. The molecule has 0 aliphatic heterocycles. The SMILES string of the molecule is NC1CCCc2ccc(OCC(=O)NC3CC3)cc21. The van der Waals surface area contributed by atoms with Crippen LogP contribution in [-0.2, 0) is 11.2 Å². The minimum atomic E-state index is -0.0375. The van der Waals surface area contributed by atoms with E-state index in [1.807, 2.05) is 12.1 Å². The third kappa shape index (κ3) is 3.07. The van der Waals surface area contributed by atoms with Crippen molar-refractivity contribution in [2.24, 2.45) is 5.73 Å². The molecule has 19 heavy (non-hydrogen) atoms. The second-order valence-corrected chi connectivity index (χ2v) is 5.49. The Balaban J connectivity index is 1.61. The second kappa shape index (κ2) is 5.21. The number of carbonyl (C=O) groups excluding carboxylic acids is 1. The number of hydrogen-bond donors (Lipinski definition) is 2. The molecule has 0 bridgehead atoms. The Morgan fingerprint density at radius 3 is 3.00 bits per heavy atom. The highest BCUT2D eigenvalue weighted by Crippen LogP contribution is 2.30. The predicted octanol–water partition coefficient (Wildman–Crippen LogP) is 1.68. The summed E-state index contributed by atoms with van der Waals surface area (Å²) in [4.78, 5) is 11.6. The van der Waals surface area contributed by atoms with Crippen molar-refractivity contribution in [1.82, 2.24) is 5.32 Å². The van der Waals surface area contributed by atoms with Crippen LogP contribution in [0.2, 0.25) is 0 Å². The maximum Gasteiger partial charge on any atom is 0.258 e. The van der Waals surface area contributed by atoms with Crippen LogP contribution in [0.25, 0.3) is 0 Å².